The van der Waals surface area contributed by atoms with Crippen LogP contribution in [0.3, 0.4) is 0 Å². The molecule has 3 heterocycles. The molecule has 1 aromatic rings. The summed E-state index contributed by atoms with van der Waals surface area (Å²) in [6.45, 7) is 6.15. The molecule has 4 rings (SSSR count). The van der Waals surface area contributed by atoms with Crippen LogP contribution in [-0.4, -0.2) is 67.7 Å². The number of amides is 2. The van der Waals surface area contributed by atoms with Crippen molar-refractivity contribution in [2.75, 3.05) is 44.7 Å². The Morgan fingerprint density at radius 2 is 1.74 bits per heavy atom. The number of anilines is 1. The van der Waals surface area contributed by atoms with E-state index in [-0.39, 0.29) is 17.4 Å². The fourth-order valence-electron chi connectivity index (χ4n) is 5.20. The molecule has 6 nitrogen and oxygen atoms in total. The third-order valence-corrected chi connectivity index (χ3v) is 6.78. The molecule has 0 aromatic heterocycles. The second-order valence-electron chi connectivity index (χ2n) is 8.13. The molecule has 0 saturated carbocycles. The first kappa shape index (κ1) is 18.3. The second kappa shape index (κ2) is 7.15. The predicted octanol–water partition coefficient (Wildman–Crippen LogP) is 2.62. The molecular weight excluding hydrogens is 342 g/mol. The molecule has 0 N–H and O–H groups in total. The zero-order valence-electron chi connectivity index (χ0n) is 16.3. The van der Waals surface area contributed by atoms with Crippen LogP contribution in [0.2, 0.25) is 0 Å². The van der Waals surface area contributed by atoms with Gasteiger partial charge in [-0.15, -0.1) is 0 Å². The van der Waals surface area contributed by atoms with Crippen molar-refractivity contribution >= 4 is 17.7 Å². The maximum absolute atomic E-state index is 12.1. The van der Waals surface area contributed by atoms with Crippen molar-refractivity contribution in [1.82, 2.24) is 9.80 Å². The highest BCUT2D eigenvalue weighted by Crippen LogP contribution is 2.47. The molecule has 3 aliphatic heterocycles. The number of carbonyl (C=O) groups is 2. The average Bonchev–Trinajstić information content (AvgIpc) is 3.03. The third-order valence-electron chi connectivity index (χ3n) is 6.78. The van der Waals surface area contributed by atoms with E-state index in [9.17, 15) is 9.59 Å². The Hall–Kier alpha value is -2.08. The first-order chi connectivity index (χ1) is 13.0. The number of hydrogen-bond donors (Lipinski definition) is 0. The highest BCUT2D eigenvalue weighted by atomic mass is 16.5. The van der Waals surface area contributed by atoms with Crippen molar-refractivity contribution in [3.05, 3.63) is 29.8 Å². The van der Waals surface area contributed by atoms with Gasteiger partial charge < -0.3 is 19.4 Å². The smallest absolute Gasteiger partial charge is 0.409 e. The van der Waals surface area contributed by atoms with Crippen LogP contribution in [0.5, 0.6) is 0 Å². The molecule has 27 heavy (non-hydrogen) atoms. The van der Waals surface area contributed by atoms with Crippen LogP contribution >= 0.6 is 0 Å². The molecule has 6 heteroatoms. The molecule has 3 aliphatic rings. The van der Waals surface area contributed by atoms with E-state index in [0.29, 0.717) is 6.04 Å². The van der Waals surface area contributed by atoms with Crippen molar-refractivity contribution in [2.45, 2.75) is 44.1 Å². The van der Waals surface area contributed by atoms with E-state index in [4.69, 9.17) is 4.74 Å². The van der Waals surface area contributed by atoms with Gasteiger partial charge in [-0.3, -0.25) is 4.79 Å². The van der Waals surface area contributed by atoms with E-state index in [0.717, 1.165) is 64.1 Å². The maximum atomic E-state index is 12.1. The van der Waals surface area contributed by atoms with Crippen LogP contribution in [0.25, 0.3) is 0 Å². The monoisotopic (exact) mass is 371 g/mol. The largest absolute Gasteiger partial charge is 0.453 e. The topological polar surface area (TPSA) is 53.1 Å². The zero-order valence-corrected chi connectivity index (χ0v) is 16.3. The summed E-state index contributed by atoms with van der Waals surface area (Å²) < 4.78 is 4.84. The van der Waals surface area contributed by atoms with E-state index in [2.05, 4.69) is 23.1 Å². The molecule has 1 spiro atoms. The van der Waals surface area contributed by atoms with Crippen molar-refractivity contribution in [2.24, 2.45) is 0 Å². The number of piperidine rings is 2. The van der Waals surface area contributed by atoms with Crippen LogP contribution in [-0.2, 0) is 14.9 Å². The number of nitrogens with zero attached hydrogens (tertiary/aromatic N) is 3. The van der Waals surface area contributed by atoms with Crippen LogP contribution in [0.4, 0.5) is 10.5 Å². The number of methoxy groups -OCH3 is 1. The number of rotatable bonds is 1. The summed E-state index contributed by atoms with van der Waals surface area (Å²) in [5.74, 6) is 0.136. The summed E-state index contributed by atoms with van der Waals surface area (Å²) in [7, 11) is 1.45. The fourth-order valence-corrected chi connectivity index (χ4v) is 5.20. The predicted molar refractivity (Wildman–Crippen MR) is 104 cm³/mol. The highest BCUT2D eigenvalue weighted by molar-refractivity contribution is 5.94. The number of carbonyl (C=O) groups excluding carboxylic acids is 2. The van der Waals surface area contributed by atoms with Gasteiger partial charge in [0.1, 0.15) is 0 Å². The summed E-state index contributed by atoms with van der Waals surface area (Å²) in [6, 6.07) is 8.96. The van der Waals surface area contributed by atoms with E-state index in [1.54, 1.807) is 11.8 Å². The molecule has 2 amide bonds. The van der Waals surface area contributed by atoms with Crippen LogP contribution in [0.1, 0.15) is 38.2 Å². The second-order valence-corrected chi connectivity index (χ2v) is 8.13. The van der Waals surface area contributed by atoms with Crippen molar-refractivity contribution in [1.29, 1.82) is 0 Å². The van der Waals surface area contributed by atoms with Gasteiger partial charge in [0.2, 0.25) is 5.91 Å². The molecule has 0 unspecified atom stereocenters. The lowest BCUT2D eigenvalue weighted by Crippen LogP contribution is -2.52. The minimum absolute atomic E-state index is 0.103. The SMILES string of the molecule is COC(=O)N1CCC(N2CCC3(CC2)CN(C(C)=O)c2ccccc23)CC1. The van der Waals surface area contributed by atoms with Gasteiger partial charge in [0.25, 0.3) is 0 Å². The van der Waals surface area contributed by atoms with Gasteiger partial charge >= 0.3 is 6.09 Å². The molecule has 0 radical (unpaired) electrons. The molecule has 146 valence electrons. The Kier molecular flexibility index (Phi) is 4.84. The lowest BCUT2D eigenvalue weighted by Gasteiger charge is -2.45. The van der Waals surface area contributed by atoms with Gasteiger partial charge in [0.15, 0.2) is 0 Å². The van der Waals surface area contributed by atoms with Crippen molar-refractivity contribution < 1.29 is 14.3 Å². The Morgan fingerprint density at radius 1 is 1.07 bits per heavy atom. The fraction of sp³-hybridized carbons (Fsp3) is 0.619. The average molecular weight is 371 g/mol. The van der Waals surface area contributed by atoms with Crippen LogP contribution < -0.4 is 4.90 Å². The van der Waals surface area contributed by atoms with Crippen LogP contribution in [0.15, 0.2) is 24.3 Å². The molecule has 1 aromatic carbocycles. The normalized spacial score (nSPS) is 22.7. The van der Waals surface area contributed by atoms with Gasteiger partial charge in [0, 0.05) is 43.7 Å². The number of fused-ring (bicyclic) bond motifs is 2. The number of hydrogen-bond acceptors (Lipinski definition) is 4. The molecule has 0 bridgehead atoms. The quantitative estimate of drug-likeness (QED) is 0.762. The molecule has 0 atom stereocenters. The first-order valence-electron chi connectivity index (χ1n) is 9.99. The Bertz CT molecular complexity index is 719. The zero-order chi connectivity index (χ0) is 19.0. The summed E-state index contributed by atoms with van der Waals surface area (Å²) in [5, 5.41) is 0. The summed E-state index contributed by atoms with van der Waals surface area (Å²) in [6.07, 6.45) is 3.99. The molecular formula is C21H29N3O3. The highest BCUT2D eigenvalue weighted by Gasteiger charge is 2.46. The lowest BCUT2D eigenvalue weighted by atomic mass is 9.74. The lowest BCUT2D eigenvalue weighted by molar-refractivity contribution is -0.116. The number of likely N-dealkylation sites (tertiary alicyclic amines) is 2. The summed E-state index contributed by atoms with van der Waals surface area (Å²) >= 11 is 0. The Morgan fingerprint density at radius 3 is 2.37 bits per heavy atom. The minimum atomic E-state index is -0.210. The molecule has 2 saturated heterocycles. The number of para-hydroxylation sites is 1. The van der Waals surface area contributed by atoms with Crippen LogP contribution in [0, 0.1) is 0 Å². The first-order valence-corrected chi connectivity index (χ1v) is 9.99. The molecule has 2 fully saturated rings. The van der Waals surface area contributed by atoms with Gasteiger partial charge in [-0.1, -0.05) is 18.2 Å². The third kappa shape index (κ3) is 3.20. The van der Waals surface area contributed by atoms with Crippen molar-refractivity contribution in [3.63, 3.8) is 0 Å². The van der Waals surface area contributed by atoms with Crippen molar-refractivity contribution in [3.8, 4) is 0 Å². The number of ether oxygens (including phenoxy) is 1. The van der Waals surface area contributed by atoms with E-state index in [1.807, 2.05) is 11.0 Å². The Balaban J connectivity index is 1.41. The van der Waals surface area contributed by atoms with Gasteiger partial charge in [-0.05, 0) is 50.4 Å². The van der Waals surface area contributed by atoms with E-state index >= 15 is 0 Å². The maximum Gasteiger partial charge on any atom is 0.409 e. The van der Waals surface area contributed by atoms with Gasteiger partial charge in [-0.2, -0.15) is 0 Å². The standard InChI is InChI=1S/C21H29N3O3/c1-16(25)24-15-21(18-5-3-4-6-19(18)24)9-13-22(14-10-21)17-7-11-23(12-8-17)20(26)27-2/h3-6,17H,7-15H2,1-2H3. The summed E-state index contributed by atoms with van der Waals surface area (Å²) in [5.41, 5.74) is 2.55. The number of benzene rings is 1. The summed E-state index contributed by atoms with van der Waals surface area (Å²) in [4.78, 5) is 30.2. The van der Waals surface area contributed by atoms with Gasteiger partial charge in [-0.25, -0.2) is 4.79 Å². The van der Waals surface area contributed by atoms with Gasteiger partial charge in [0.05, 0.1) is 7.11 Å². The van der Waals surface area contributed by atoms with E-state index in [1.165, 1.54) is 12.7 Å². The molecule has 0 aliphatic carbocycles. The van der Waals surface area contributed by atoms with E-state index < -0.39 is 0 Å². The minimum Gasteiger partial charge on any atom is -0.453 e. The Labute approximate surface area is 161 Å².